The third-order valence-electron chi connectivity index (χ3n) is 2.77. The Bertz CT molecular complexity index is 674. The number of hydrogen-bond donors (Lipinski definition) is 2. The highest BCUT2D eigenvalue weighted by Crippen LogP contribution is 2.17. The molecular weight excluding hydrogens is 364 g/mol. The zero-order valence-electron chi connectivity index (χ0n) is 11.9. The SMILES string of the molecule is CCOc1ccc(NC(=S)NC(=O)c2ccccc2Br)cc1. The average molecular weight is 379 g/mol. The number of ether oxygens (including phenoxy) is 1. The minimum atomic E-state index is -0.268. The lowest BCUT2D eigenvalue weighted by Crippen LogP contribution is -2.34. The zero-order chi connectivity index (χ0) is 15.9. The molecule has 0 radical (unpaired) electrons. The van der Waals surface area contributed by atoms with Crippen molar-refractivity contribution in [1.82, 2.24) is 5.32 Å². The summed E-state index contributed by atoms with van der Waals surface area (Å²) in [4.78, 5) is 12.1. The molecule has 0 aromatic heterocycles. The van der Waals surface area contributed by atoms with Gasteiger partial charge in [-0.15, -0.1) is 0 Å². The number of carbonyl (C=O) groups excluding carboxylic acids is 1. The number of halogens is 1. The largest absolute Gasteiger partial charge is 0.494 e. The molecule has 0 atom stereocenters. The van der Waals surface area contributed by atoms with Crippen LogP contribution in [0.1, 0.15) is 17.3 Å². The van der Waals surface area contributed by atoms with Gasteiger partial charge in [-0.1, -0.05) is 12.1 Å². The lowest BCUT2D eigenvalue weighted by atomic mass is 10.2. The van der Waals surface area contributed by atoms with Gasteiger partial charge in [0.05, 0.1) is 12.2 Å². The van der Waals surface area contributed by atoms with Crippen molar-refractivity contribution in [3.63, 3.8) is 0 Å². The fraction of sp³-hybridized carbons (Fsp3) is 0.125. The summed E-state index contributed by atoms with van der Waals surface area (Å²) in [7, 11) is 0. The highest BCUT2D eigenvalue weighted by molar-refractivity contribution is 9.10. The summed E-state index contributed by atoms with van der Waals surface area (Å²) in [5.74, 6) is 0.520. The van der Waals surface area contributed by atoms with Crippen LogP contribution in [0.3, 0.4) is 0 Å². The second kappa shape index (κ2) is 7.91. The van der Waals surface area contributed by atoms with Crippen LogP contribution in [0.2, 0.25) is 0 Å². The first-order chi connectivity index (χ1) is 10.6. The lowest BCUT2D eigenvalue weighted by Gasteiger charge is -2.11. The van der Waals surface area contributed by atoms with Crippen molar-refractivity contribution in [3.05, 3.63) is 58.6 Å². The summed E-state index contributed by atoms with van der Waals surface area (Å²) in [6.07, 6.45) is 0. The first-order valence-corrected chi connectivity index (χ1v) is 7.90. The minimum absolute atomic E-state index is 0.241. The van der Waals surface area contributed by atoms with Gasteiger partial charge in [0.1, 0.15) is 5.75 Å². The number of hydrogen-bond acceptors (Lipinski definition) is 3. The van der Waals surface area contributed by atoms with Crippen LogP contribution in [0.5, 0.6) is 5.75 Å². The summed E-state index contributed by atoms with van der Waals surface area (Å²) in [5.41, 5.74) is 1.30. The number of carbonyl (C=O) groups is 1. The Balaban J connectivity index is 1.95. The summed E-state index contributed by atoms with van der Waals surface area (Å²) in [5, 5.41) is 5.85. The molecule has 4 nitrogen and oxygen atoms in total. The maximum atomic E-state index is 12.1. The van der Waals surface area contributed by atoms with E-state index in [1.54, 1.807) is 18.2 Å². The molecule has 0 saturated heterocycles. The maximum Gasteiger partial charge on any atom is 0.258 e. The van der Waals surface area contributed by atoms with Crippen LogP contribution in [0, 0.1) is 0 Å². The van der Waals surface area contributed by atoms with Crippen molar-refractivity contribution in [2.75, 3.05) is 11.9 Å². The van der Waals surface area contributed by atoms with Gasteiger partial charge in [-0.05, 0) is 71.5 Å². The van der Waals surface area contributed by atoms with Crippen molar-refractivity contribution in [3.8, 4) is 5.75 Å². The Morgan fingerprint density at radius 1 is 1.18 bits per heavy atom. The monoisotopic (exact) mass is 378 g/mol. The number of anilines is 1. The molecule has 0 fully saturated rings. The Morgan fingerprint density at radius 2 is 1.86 bits per heavy atom. The predicted octanol–water partition coefficient (Wildman–Crippen LogP) is 3.97. The van der Waals surface area contributed by atoms with Crippen LogP contribution in [-0.2, 0) is 0 Å². The van der Waals surface area contributed by atoms with Gasteiger partial charge >= 0.3 is 0 Å². The number of rotatable bonds is 4. The normalized spacial score (nSPS) is 9.91. The second-order valence-electron chi connectivity index (χ2n) is 4.35. The molecule has 0 saturated carbocycles. The summed E-state index contributed by atoms with van der Waals surface area (Å²) in [6, 6.07) is 14.5. The smallest absolute Gasteiger partial charge is 0.258 e. The molecule has 0 bridgehead atoms. The molecule has 0 aliphatic carbocycles. The molecule has 6 heteroatoms. The van der Waals surface area contributed by atoms with Crippen molar-refractivity contribution < 1.29 is 9.53 Å². The van der Waals surface area contributed by atoms with Gasteiger partial charge in [-0.3, -0.25) is 10.1 Å². The van der Waals surface area contributed by atoms with E-state index in [0.717, 1.165) is 15.9 Å². The van der Waals surface area contributed by atoms with Gasteiger partial charge in [-0.25, -0.2) is 0 Å². The van der Waals surface area contributed by atoms with Gasteiger partial charge in [0.15, 0.2) is 5.11 Å². The fourth-order valence-corrected chi connectivity index (χ4v) is 2.45. The standard InChI is InChI=1S/C16H15BrN2O2S/c1-2-21-12-9-7-11(8-10-12)18-16(22)19-15(20)13-5-3-4-6-14(13)17/h3-10H,2H2,1H3,(H2,18,19,20,22). The van der Waals surface area contributed by atoms with Crippen molar-refractivity contribution in [2.24, 2.45) is 0 Å². The lowest BCUT2D eigenvalue weighted by molar-refractivity contribution is 0.0977. The first kappa shape index (κ1) is 16.5. The quantitative estimate of drug-likeness (QED) is 0.790. The Kier molecular flexibility index (Phi) is 5.91. The summed E-state index contributed by atoms with van der Waals surface area (Å²) in [6.45, 7) is 2.55. The predicted molar refractivity (Wildman–Crippen MR) is 95.4 cm³/mol. The van der Waals surface area contributed by atoms with Crippen molar-refractivity contribution in [1.29, 1.82) is 0 Å². The van der Waals surface area contributed by atoms with Gasteiger partial charge in [0.25, 0.3) is 5.91 Å². The molecule has 2 rings (SSSR count). The molecule has 2 aromatic carbocycles. The van der Waals surface area contributed by atoms with Crippen LogP contribution in [0.4, 0.5) is 5.69 Å². The highest BCUT2D eigenvalue weighted by atomic mass is 79.9. The number of benzene rings is 2. The fourth-order valence-electron chi connectivity index (χ4n) is 1.78. The van der Waals surface area contributed by atoms with Gasteiger partial charge in [0.2, 0.25) is 0 Å². The molecule has 0 unspecified atom stereocenters. The molecule has 2 aromatic rings. The van der Waals surface area contributed by atoms with Crippen LogP contribution in [-0.4, -0.2) is 17.6 Å². The van der Waals surface area contributed by atoms with Crippen LogP contribution in [0.15, 0.2) is 53.0 Å². The molecular formula is C16H15BrN2O2S. The van der Waals surface area contributed by atoms with E-state index in [2.05, 4.69) is 26.6 Å². The minimum Gasteiger partial charge on any atom is -0.494 e. The number of amides is 1. The van der Waals surface area contributed by atoms with Crippen molar-refractivity contribution in [2.45, 2.75) is 6.92 Å². The molecule has 0 spiro atoms. The Labute approximate surface area is 143 Å². The number of nitrogens with one attached hydrogen (secondary N) is 2. The van der Waals surface area contributed by atoms with E-state index < -0.39 is 0 Å². The van der Waals surface area contributed by atoms with Crippen LogP contribution in [0.25, 0.3) is 0 Å². The summed E-state index contributed by atoms with van der Waals surface area (Å²) < 4.78 is 6.08. The summed E-state index contributed by atoms with van der Waals surface area (Å²) >= 11 is 8.49. The van der Waals surface area contributed by atoms with E-state index in [1.807, 2.05) is 37.3 Å². The molecule has 22 heavy (non-hydrogen) atoms. The van der Waals surface area contributed by atoms with Crippen LogP contribution < -0.4 is 15.4 Å². The van der Waals surface area contributed by atoms with Gasteiger partial charge in [0, 0.05) is 10.2 Å². The molecule has 114 valence electrons. The van der Waals surface area contributed by atoms with Gasteiger partial charge in [-0.2, -0.15) is 0 Å². The van der Waals surface area contributed by atoms with E-state index >= 15 is 0 Å². The number of thiocarbonyl (C=S) groups is 1. The van der Waals surface area contributed by atoms with E-state index in [1.165, 1.54) is 0 Å². The van der Waals surface area contributed by atoms with Gasteiger partial charge < -0.3 is 10.1 Å². The maximum absolute atomic E-state index is 12.1. The highest BCUT2D eigenvalue weighted by Gasteiger charge is 2.10. The topological polar surface area (TPSA) is 50.4 Å². The van der Waals surface area contributed by atoms with E-state index in [0.29, 0.717) is 12.2 Å². The average Bonchev–Trinajstić information content (AvgIpc) is 2.50. The van der Waals surface area contributed by atoms with E-state index in [9.17, 15) is 4.79 Å². The Hall–Kier alpha value is -1.92. The molecule has 1 amide bonds. The Morgan fingerprint density at radius 3 is 2.50 bits per heavy atom. The molecule has 2 N–H and O–H groups in total. The third-order valence-corrected chi connectivity index (χ3v) is 3.66. The first-order valence-electron chi connectivity index (χ1n) is 6.70. The second-order valence-corrected chi connectivity index (χ2v) is 5.61. The van der Waals surface area contributed by atoms with E-state index in [4.69, 9.17) is 17.0 Å². The molecule has 0 aliphatic rings. The third kappa shape index (κ3) is 4.54. The molecule has 0 heterocycles. The van der Waals surface area contributed by atoms with E-state index in [-0.39, 0.29) is 11.0 Å². The zero-order valence-corrected chi connectivity index (χ0v) is 14.3. The molecule has 0 aliphatic heterocycles. The van der Waals surface area contributed by atoms with Crippen LogP contribution >= 0.6 is 28.1 Å². The van der Waals surface area contributed by atoms with Crippen molar-refractivity contribution >= 4 is 44.9 Å².